The Kier molecular flexibility index (Phi) is 16.1. The van der Waals surface area contributed by atoms with E-state index in [1.165, 1.54) is 11.1 Å². The fraction of sp³-hybridized carbons (Fsp3) is 0.103. The molecule has 10 nitrogen and oxygen atoms in total. The maximum Gasteiger partial charge on any atom is 4.00 e. The predicted molar refractivity (Wildman–Crippen MR) is 358 cm³/mol. The van der Waals surface area contributed by atoms with Gasteiger partial charge in [-0.2, -0.15) is 24.3 Å². The molecule has 4 aliphatic rings. The second kappa shape index (κ2) is 24.3. The van der Waals surface area contributed by atoms with E-state index in [-0.39, 0.29) is 53.0 Å². The molecule has 0 fully saturated rings. The van der Waals surface area contributed by atoms with Gasteiger partial charge in [-0.3, -0.25) is 0 Å². The number of rotatable bonds is 12. The first-order valence-corrected chi connectivity index (χ1v) is 29.7. The monoisotopic (exact) mass is 1530 g/mol. The van der Waals surface area contributed by atoms with Gasteiger partial charge < -0.3 is 48.7 Å². The van der Waals surface area contributed by atoms with Crippen LogP contribution in [0, 0.1) is 50.9 Å². The third-order valence-corrected chi connectivity index (χ3v) is 16.4. The van der Waals surface area contributed by atoms with Crippen LogP contribution in [0.25, 0.3) is 0 Å². The van der Waals surface area contributed by atoms with E-state index < -0.39 is 0 Å². The van der Waals surface area contributed by atoms with E-state index in [2.05, 4.69) is 326 Å². The number of fused-ring (bicyclic) bond motifs is 4. The maximum atomic E-state index is 6.59. The molecule has 0 bridgehead atoms. The molecule has 11 aromatic carbocycles. The minimum absolute atomic E-state index is 0. The molecular weight excluding hydrogens is 1470 g/mol. The SMILES string of the molecule is CC(C)(C)c1cccc(N2[CH-]N(c3[c-]c(Oc4[c-]c(N5[CH-]N(c6ccc(N7[CH-]N(c8[c-]c(Oc9[c-]c(N%10[CH-]N(c%11cccc(C(C)(C)C)c%11)c%11ccccc%11%10)ccc9)ccc8)c8ccccc87)cc6)c6ccccc65)ccc4)ccc3)c3ccccc32)c1.[Pt+4].[Pt+4]. The summed E-state index contributed by atoms with van der Waals surface area (Å²) in [6.45, 7) is 22.0. The molecule has 11 aromatic rings. The summed E-state index contributed by atoms with van der Waals surface area (Å²) in [5.41, 5.74) is 18.7. The van der Waals surface area contributed by atoms with Gasteiger partial charge in [0.15, 0.2) is 0 Å². The van der Waals surface area contributed by atoms with E-state index in [4.69, 9.17) is 9.47 Å². The van der Waals surface area contributed by atoms with Crippen molar-refractivity contribution in [2.24, 2.45) is 0 Å². The van der Waals surface area contributed by atoms with Gasteiger partial charge in [-0.15, -0.1) is 122 Å². The van der Waals surface area contributed by atoms with E-state index >= 15 is 0 Å². The number of nitrogens with zero attached hydrogens (tertiary/aromatic N) is 8. The van der Waals surface area contributed by atoms with Crippen LogP contribution in [-0.4, -0.2) is 0 Å². The van der Waals surface area contributed by atoms with Gasteiger partial charge in [0.05, 0.1) is 0 Å². The minimum Gasteiger partial charge on any atom is -0.509 e. The first kappa shape index (κ1) is 59.7. The van der Waals surface area contributed by atoms with Crippen LogP contribution in [0.1, 0.15) is 52.7 Å². The van der Waals surface area contributed by atoms with Crippen LogP contribution in [0.3, 0.4) is 0 Å². The normalized spacial score (nSPS) is 14.0. The molecule has 0 N–H and O–H groups in total. The molecule has 446 valence electrons. The maximum absolute atomic E-state index is 6.59. The van der Waals surface area contributed by atoms with Gasteiger partial charge in [0.2, 0.25) is 0 Å². The zero-order valence-corrected chi connectivity index (χ0v) is 55.0. The quantitative estimate of drug-likeness (QED) is 0.111. The van der Waals surface area contributed by atoms with E-state index in [0.29, 0.717) is 23.0 Å². The van der Waals surface area contributed by atoms with Crippen LogP contribution in [0.4, 0.5) is 91.0 Å². The average molecular weight is 1530 g/mol. The molecular formula is C78H62N8O2Pt2. The Balaban J connectivity index is 0.00000372. The zero-order chi connectivity index (χ0) is 59.7. The molecule has 0 unspecified atom stereocenters. The summed E-state index contributed by atoms with van der Waals surface area (Å²) in [5.74, 6) is 2.34. The van der Waals surface area contributed by atoms with Crippen LogP contribution in [0.5, 0.6) is 23.0 Å². The van der Waals surface area contributed by atoms with Gasteiger partial charge in [-0.1, -0.05) is 114 Å². The van der Waals surface area contributed by atoms with Crippen LogP contribution >= 0.6 is 0 Å². The average Bonchev–Trinajstić information content (AvgIpc) is 1.68. The summed E-state index contributed by atoms with van der Waals surface area (Å²) >= 11 is 0. The number of anilines is 16. The van der Waals surface area contributed by atoms with Crippen molar-refractivity contribution in [2.75, 3.05) is 39.2 Å². The summed E-state index contributed by atoms with van der Waals surface area (Å²) in [6, 6.07) is 98.3. The second-order valence-electron chi connectivity index (χ2n) is 24.3. The van der Waals surface area contributed by atoms with Gasteiger partial charge in [-0.25, -0.2) is 0 Å². The molecule has 0 saturated carbocycles. The van der Waals surface area contributed by atoms with Crippen molar-refractivity contribution in [1.29, 1.82) is 0 Å². The molecule has 15 rings (SSSR count). The molecule has 0 spiro atoms. The van der Waals surface area contributed by atoms with Gasteiger partial charge >= 0.3 is 42.1 Å². The zero-order valence-electron chi connectivity index (χ0n) is 50.4. The summed E-state index contributed by atoms with van der Waals surface area (Å²) in [4.78, 5) is 17.6. The van der Waals surface area contributed by atoms with E-state index in [1.807, 2.05) is 48.5 Å². The third-order valence-electron chi connectivity index (χ3n) is 16.4. The van der Waals surface area contributed by atoms with Crippen LogP contribution < -0.4 is 48.7 Å². The summed E-state index contributed by atoms with van der Waals surface area (Å²) in [7, 11) is 0. The molecule has 0 amide bonds. The molecule has 0 aromatic heterocycles. The van der Waals surface area contributed by atoms with Crippen LogP contribution in [0.2, 0.25) is 0 Å². The van der Waals surface area contributed by atoms with E-state index in [9.17, 15) is 0 Å². The molecule has 4 aliphatic heterocycles. The number of hydrogen-bond donors (Lipinski definition) is 0. The predicted octanol–water partition coefficient (Wildman–Crippen LogP) is 20.7. The first-order valence-electron chi connectivity index (χ1n) is 29.7. The largest absolute Gasteiger partial charge is 4.00 e. The Morgan fingerprint density at radius 2 is 0.489 bits per heavy atom. The topological polar surface area (TPSA) is 44.4 Å². The van der Waals surface area contributed by atoms with E-state index in [0.717, 1.165) is 91.0 Å². The van der Waals surface area contributed by atoms with Crippen molar-refractivity contribution < 1.29 is 51.6 Å². The summed E-state index contributed by atoms with van der Waals surface area (Å²) < 4.78 is 13.2. The van der Waals surface area contributed by atoms with Crippen molar-refractivity contribution in [3.8, 4) is 23.0 Å². The molecule has 0 radical (unpaired) electrons. The number of hydrogen-bond acceptors (Lipinski definition) is 10. The fourth-order valence-electron chi connectivity index (χ4n) is 11.8. The van der Waals surface area contributed by atoms with Gasteiger partial charge in [-0.05, 0) is 119 Å². The van der Waals surface area contributed by atoms with Gasteiger partial charge in [0, 0.05) is 91.2 Å². The van der Waals surface area contributed by atoms with E-state index in [1.54, 1.807) is 0 Å². The smallest absolute Gasteiger partial charge is 0.509 e. The molecule has 0 saturated heterocycles. The number of ether oxygens (including phenoxy) is 2. The van der Waals surface area contributed by atoms with Gasteiger partial charge in [0.25, 0.3) is 0 Å². The minimum atomic E-state index is 0. The van der Waals surface area contributed by atoms with Crippen molar-refractivity contribution in [1.82, 2.24) is 0 Å². The molecule has 4 heterocycles. The Morgan fingerprint density at radius 3 is 0.744 bits per heavy atom. The third kappa shape index (κ3) is 11.4. The molecule has 12 heteroatoms. The Labute approximate surface area is 557 Å². The van der Waals surface area contributed by atoms with Gasteiger partial charge in [0.1, 0.15) is 0 Å². The molecule has 0 aliphatic carbocycles. The standard InChI is InChI=1S/C78H62N8O2.2Pt/c1-77(2,3)55-21-15-23-59(45-55)81-53-85(75-39-13-11-37-73(75)81)63-27-19-31-67(49-63)87-65-29-17-25-61(47-65)83-51-79(69-33-7-9-35-71(69)83)57-41-43-58(44-42-57)80-52-84(72-36-10-8-34-70(72)80)62-26-18-30-66(48-62)88-68-32-20-28-64(50-68)86-54-82(74-38-12-14-40-76(74)86)60-24-16-22-56(46-60)78(4,5)6;;/h7-46,51-54H,1-6H3;;/q-8;2*+4. The fourth-order valence-corrected chi connectivity index (χ4v) is 11.8. The first-order chi connectivity index (χ1) is 42.8. The van der Waals surface area contributed by atoms with Crippen molar-refractivity contribution in [2.45, 2.75) is 52.4 Å². The Bertz CT molecular complexity index is 4150. The van der Waals surface area contributed by atoms with Crippen LogP contribution in [0.15, 0.2) is 243 Å². The van der Waals surface area contributed by atoms with Crippen molar-refractivity contribution in [3.63, 3.8) is 0 Å². The second-order valence-corrected chi connectivity index (χ2v) is 24.3. The Morgan fingerprint density at radius 1 is 0.256 bits per heavy atom. The Hall–Kier alpha value is -9.20. The van der Waals surface area contributed by atoms with Crippen LogP contribution in [-0.2, 0) is 53.0 Å². The summed E-state index contributed by atoms with van der Waals surface area (Å²) in [6.07, 6.45) is 0. The van der Waals surface area contributed by atoms with Crippen molar-refractivity contribution >= 4 is 91.0 Å². The van der Waals surface area contributed by atoms with Crippen molar-refractivity contribution in [3.05, 3.63) is 305 Å². The number of para-hydroxylation sites is 8. The molecule has 0 atom stereocenters. The number of benzene rings is 11. The molecule has 90 heavy (non-hydrogen) atoms. The summed E-state index contributed by atoms with van der Waals surface area (Å²) in [5, 5.41) is 0.